The van der Waals surface area contributed by atoms with Gasteiger partial charge in [-0.2, -0.15) is 0 Å². The van der Waals surface area contributed by atoms with Gasteiger partial charge in [0.1, 0.15) is 5.92 Å². The Labute approximate surface area is 193 Å². The Morgan fingerprint density at radius 3 is 2.00 bits per heavy atom. The van der Waals surface area contributed by atoms with Crippen molar-refractivity contribution < 1.29 is 33.4 Å². The normalized spacial score (nSPS) is 14.1. The highest BCUT2D eigenvalue weighted by Crippen LogP contribution is 2.32. The topological polar surface area (TPSA) is 120 Å². The van der Waals surface area contributed by atoms with Gasteiger partial charge in [0.15, 0.2) is 6.61 Å². The molecular weight excluding hydrogens is 428 g/mol. The zero-order valence-corrected chi connectivity index (χ0v) is 20.0. The van der Waals surface area contributed by atoms with Crippen LogP contribution in [0.2, 0.25) is 0 Å². The lowest BCUT2D eigenvalue weighted by Crippen LogP contribution is -2.38. The van der Waals surface area contributed by atoms with E-state index in [0.717, 1.165) is 25.3 Å². The van der Waals surface area contributed by atoms with Gasteiger partial charge in [0, 0.05) is 17.1 Å². The average molecular weight is 459 g/mol. The number of carbonyl (C=O) groups excluding carboxylic acids is 4. The molecule has 0 spiro atoms. The van der Waals surface area contributed by atoms with Crippen LogP contribution in [0.25, 0.3) is 0 Å². The molecule has 2 N–H and O–H groups in total. The fourth-order valence-electron chi connectivity index (χ4n) is 3.73. The first-order chi connectivity index (χ1) is 15.5. The van der Waals surface area contributed by atoms with E-state index in [2.05, 4.69) is 10.6 Å². The number of para-hydroxylation sites is 1. The van der Waals surface area contributed by atoms with E-state index in [1.807, 2.05) is 39.0 Å². The van der Waals surface area contributed by atoms with Crippen molar-refractivity contribution in [3.8, 4) is 0 Å². The fraction of sp³-hybridized carbons (Fsp3) is 0.417. The molecule has 0 saturated heterocycles. The van der Waals surface area contributed by atoms with Crippen LogP contribution >= 0.6 is 0 Å². The zero-order valence-electron chi connectivity index (χ0n) is 20.0. The van der Waals surface area contributed by atoms with E-state index >= 15 is 0 Å². The Kier molecular flexibility index (Phi) is 8.39. The Balaban J connectivity index is 2.27. The first-order valence-corrected chi connectivity index (χ1v) is 10.4. The number of methoxy groups -OCH3 is 2. The summed E-state index contributed by atoms with van der Waals surface area (Å²) in [6.45, 7) is 8.43. The highest BCUT2D eigenvalue weighted by atomic mass is 16.5. The number of hydrogen-bond acceptors (Lipinski definition) is 8. The summed E-state index contributed by atoms with van der Waals surface area (Å²) in [5.74, 6) is -4.33. The molecule has 0 unspecified atom stereocenters. The minimum Gasteiger partial charge on any atom is -0.466 e. The first-order valence-electron chi connectivity index (χ1n) is 10.4. The van der Waals surface area contributed by atoms with Crippen LogP contribution in [0.15, 0.2) is 40.7 Å². The van der Waals surface area contributed by atoms with E-state index in [0.29, 0.717) is 17.1 Å². The summed E-state index contributed by atoms with van der Waals surface area (Å²) < 4.78 is 14.8. The summed E-state index contributed by atoms with van der Waals surface area (Å²) in [5.41, 5.74) is 2.97. The molecule has 0 aromatic heterocycles. The third-order valence-electron chi connectivity index (χ3n) is 5.34. The maximum absolute atomic E-state index is 13.0. The van der Waals surface area contributed by atoms with E-state index < -0.39 is 36.3 Å². The Morgan fingerprint density at radius 2 is 1.52 bits per heavy atom. The van der Waals surface area contributed by atoms with Crippen molar-refractivity contribution in [2.45, 2.75) is 40.5 Å². The number of carbonyl (C=O) groups is 4. The van der Waals surface area contributed by atoms with Gasteiger partial charge in [-0.15, -0.1) is 0 Å². The van der Waals surface area contributed by atoms with Crippen molar-refractivity contribution in [3.63, 3.8) is 0 Å². The van der Waals surface area contributed by atoms with Crippen molar-refractivity contribution in [1.82, 2.24) is 5.32 Å². The molecule has 9 heteroatoms. The largest absolute Gasteiger partial charge is 0.466 e. The maximum atomic E-state index is 13.0. The van der Waals surface area contributed by atoms with Gasteiger partial charge >= 0.3 is 17.9 Å². The number of nitrogens with one attached hydrogen (secondary N) is 2. The van der Waals surface area contributed by atoms with Gasteiger partial charge in [-0.05, 0) is 37.8 Å². The molecule has 0 aliphatic carbocycles. The molecule has 178 valence electrons. The van der Waals surface area contributed by atoms with Gasteiger partial charge in [0.25, 0.3) is 5.91 Å². The van der Waals surface area contributed by atoms with Crippen LogP contribution in [0.5, 0.6) is 0 Å². The number of anilines is 1. The molecule has 9 nitrogen and oxygen atoms in total. The fourth-order valence-corrected chi connectivity index (χ4v) is 3.73. The maximum Gasteiger partial charge on any atom is 0.336 e. The van der Waals surface area contributed by atoms with Crippen molar-refractivity contribution in [1.29, 1.82) is 0 Å². The third-order valence-corrected chi connectivity index (χ3v) is 5.34. The van der Waals surface area contributed by atoms with Crippen LogP contribution in [-0.4, -0.2) is 44.6 Å². The van der Waals surface area contributed by atoms with Gasteiger partial charge in [0.05, 0.1) is 25.4 Å². The molecule has 0 bridgehead atoms. The van der Waals surface area contributed by atoms with Gasteiger partial charge < -0.3 is 24.8 Å². The van der Waals surface area contributed by atoms with E-state index in [1.165, 1.54) is 0 Å². The zero-order chi connectivity index (χ0) is 24.9. The summed E-state index contributed by atoms with van der Waals surface area (Å²) in [6.07, 6.45) is 0. The second-order valence-corrected chi connectivity index (χ2v) is 7.97. The molecule has 0 saturated carbocycles. The molecule has 2 rings (SSSR count). The number of amides is 1. The van der Waals surface area contributed by atoms with Gasteiger partial charge in [-0.1, -0.05) is 32.0 Å². The molecule has 33 heavy (non-hydrogen) atoms. The van der Waals surface area contributed by atoms with Crippen LogP contribution in [-0.2, 0) is 33.4 Å². The number of ether oxygens (including phenoxy) is 3. The number of aryl methyl sites for hydroxylation is 1. The summed E-state index contributed by atoms with van der Waals surface area (Å²) in [4.78, 5) is 50.4. The number of benzene rings is 1. The molecule has 1 heterocycles. The average Bonchev–Trinajstić information content (AvgIpc) is 2.77. The molecule has 1 amide bonds. The van der Waals surface area contributed by atoms with Gasteiger partial charge in [0.2, 0.25) is 0 Å². The molecule has 0 atom stereocenters. The van der Waals surface area contributed by atoms with Crippen LogP contribution in [0, 0.1) is 12.8 Å². The lowest BCUT2D eigenvalue weighted by Gasteiger charge is -2.28. The lowest BCUT2D eigenvalue weighted by molar-refractivity contribution is -0.152. The molecule has 1 aromatic rings. The Morgan fingerprint density at radius 1 is 0.970 bits per heavy atom. The molecule has 1 aliphatic heterocycles. The van der Waals surface area contributed by atoms with E-state index in [1.54, 1.807) is 13.8 Å². The van der Waals surface area contributed by atoms with Crippen molar-refractivity contribution >= 4 is 29.5 Å². The summed E-state index contributed by atoms with van der Waals surface area (Å²) in [5, 5.41) is 5.68. The van der Waals surface area contributed by atoms with Crippen LogP contribution in [0.4, 0.5) is 5.69 Å². The van der Waals surface area contributed by atoms with Gasteiger partial charge in [-0.3, -0.25) is 9.59 Å². The van der Waals surface area contributed by atoms with E-state index in [4.69, 9.17) is 14.2 Å². The molecule has 1 aromatic carbocycles. The monoisotopic (exact) mass is 458 g/mol. The Bertz CT molecular complexity index is 999. The quantitative estimate of drug-likeness (QED) is 0.473. The highest BCUT2D eigenvalue weighted by molar-refractivity contribution is 6.06. The number of rotatable bonds is 7. The standard InChI is InChI=1S/C24H30N2O7/c1-12(2)16-10-8-9-13(3)21(16)26-17(27)11-33-24(30)20-18(22(28)31-6)14(4)25-15(5)19(20)23(29)32-7/h8-10,12,20,25H,11H2,1-7H3,(H,26,27). The molecular formula is C24H30N2O7. The van der Waals surface area contributed by atoms with Crippen LogP contribution in [0.1, 0.15) is 44.7 Å². The highest BCUT2D eigenvalue weighted by Gasteiger charge is 2.42. The molecule has 0 fully saturated rings. The first kappa shape index (κ1) is 25.6. The minimum absolute atomic E-state index is 0.0880. The predicted molar refractivity (Wildman–Crippen MR) is 121 cm³/mol. The molecule has 1 aliphatic rings. The van der Waals surface area contributed by atoms with Gasteiger partial charge in [-0.25, -0.2) is 9.59 Å². The third kappa shape index (κ3) is 5.60. The summed E-state index contributed by atoms with van der Waals surface area (Å²) in [7, 11) is 2.33. The van der Waals surface area contributed by atoms with Crippen molar-refractivity contribution in [2.75, 3.05) is 26.1 Å². The summed E-state index contributed by atoms with van der Waals surface area (Å²) >= 11 is 0. The second-order valence-electron chi connectivity index (χ2n) is 7.97. The SMILES string of the molecule is COC(=O)C1=C(C)NC(C)=C(C(=O)OC)C1C(=O)OCC(=O)Nc1c(C)cccc1C(C)C. The van der Waals surface area contributed by atoms with Crippen LogP contribution < -0.4 is 10.6 Å². The van der Waals surface area contributed by atoms with Crippen molar-refractivity contribution in [2.24, 2.45) is 5.92 Å². The smallest absolute Gasteiger partial charge is 0.336 e. The minimum atomic E-state index is -1.40. The van der Waals surface area contributed by atoms with Crippen molar-refractivity contribution in [3.05, 3.63) is 51.9 Å². The van der Waals surface area contributed by atoms with Crippen LogP contribution in [0.3, 0.4) is 0 Å². The predicted octanol–water partition coefficient (Wildman–Crippen LogP) is 2.71. The van der Waals surface area contributed by atoms with E-state index in [-0.39, 0.29) is 17.1 Å². The number of hydrogen-bond donors (Lipinski definition) is 2. The second kappa shape index (κ2) is 10.8. The number of dihydropyridines is 1. The lowest BCUT2D eigenvalue weighted by atomic mass is 9.85. The molecule has 0 radical (unpaired) electrons. The number of esters is 3. The number of allylic oxidation sites excluding steroid dienone is 2. The summed E-state index contributed by atoms with van der Waals surface area (Å²) in [6, 6.07) is 5.69. The Hall–Kier alpha value is -3.62. The van der Waals surface area contributed by atoms with E-state index in [9.17, 15) is 19.2 Å².